The van der Waals surface area contributed by atoms with Crippen LogP contribution in [0.4, 0.5) is 0 Å². The molecule has 0 fully saturated rings. The van der Waals surface area contributed by atoms with E-state index in [1.54, 1.807) is 11.3 Å². The Hall–Kier alpha value is -2.20. The number of hydrogen-bond acceptors (Lipinski definition) is 3. The Morgan fingerprint density at radius 3 is 2.82 bits per heavy atom. The maximum atomic E-state index is 4.77. The Labute approximate surface area is 133 Å². The zero-order valence-electron chi connectivity index (χ0n) is 12.6. The second-order valence-corrected chi connectivity index (χ2v) is 6.86. The van der Waals surface area contributed by atoms with Crippen molar-refractivity contribution in [2.75, 3.05) is 0 Å². The molecule has 0 bridgehead atoms. The summed E-state index contributed by atoms with van der Waals surface area (Å²) in [6, 6.07) is 14.8. The molecule has 2 aromatic heterocycles. The van der Waals surface area contributed by atoms with E-state index in [1.807, 2.05) is 13.0 Å². The summed E-state index contributed by atoms with van der Waals surface area (Å²) in [6.45, 7) is 4.24. The van der Waals surface area contributed by atoms with Crippen LogP contribution in [-0.2, 0) is 6.42 Å². The van der Waals surface area contributed by atoms with Crippen molar-refractivity contribution in [1.29, 1.82) is 0 Å². The van der Waals surface area contributed by atoms with E-state index in [9.17, 15) is 0 Å². The predicted octanol–water partition coefficient (Wildman–Crippen LogP) is 4.83. The number of aromatic amines is 1. The van der Waals surface area contributed by atoms with Crippen LogP contribution in [-0.4, -0.2) is 15.0 Å². The quantitative estimate of drug-likeness (QED) is 0.589. The Morgan fingerprint density at radius 2 is 1.95 bits per heavy atom. The first-order valence-electron chi connectivity index (χ1n) is 7.50. The van der Waals surface area contributed by atoms with Crippen LogP contribution in [0.3, 0.4) is 0 Å². The summed E-state index contributed by atoms with van der Waals surface area (Å²) < 4.78 is 1.27. The second kappa shape index (κ2) is 5.21. The molecule has 0 aliphatic carbocycles. The van der Waals surface area contributed by atoms with E-state index in [-0.39, 0.29) is 0 Å². The zero-order valence-corrected chi connectivity index (χ0v) is 13.4. The van der Waals surface area contributed by atoms with Gasteiger partial charge in [0.25, 0.3) is 0 Å². The van der Waals surface area contributed by atoms with E-state index >= 15 is 0 Å². The first-order chi connectivity index (χ1) is 10.7. The van der Waals surface area contributed by atoms with E-state index in [1.165, 1.54) is 15.3 Å². The van der Waals surface area contributed by atoms with E-state index < -0.39 is 0 Å². The molecular weight excluding hydrogens is 290 g/mol. The Bertz CT molecular complexity index is 918. The smallest absolute Gasteiger partial charge is 0.104 e. The number of aromatic nitrogens is 3. The molecule has 0 aliphatic rings. The fourth-order valence-corrected chi connectivity index (χ4v) is 3.87. The van der Waals surface area contributed by atoms with Crippen LogP contribution in [0, 0.1) is 6.92 Å². The van der Waals surface area contributed by atoms with Gasteiger partial charge in [-0.05, 0) is 43.2 Å². The molecule has 1 unspecified atom stereocenters. The minimum atomic E-state index is 0.416. The van der Waals surface area contributed by atoms with Gasteiger partial charge in [0, 0.05) is 5.92 Å². The van der Waals surface area contributed by atoms with Gasteiger partial charge in [-0.2, -0.15) is 0 Å². The minimum Gasteiger partial charge on any atom is -0.342 e. The average Bonchev–Trinajstić information content (AvgIpc) is 3.08. The molecular formula is C18H17N3S. The van der Waals surface area contributed by atoms with Gasteiger partial charge < -0.3 is 4.98 Å². The predicted molar refractivity (Wildman–Crippen MR) is 92.6 cm³/mol. The number of hydrogen-bond donors (Lipinski definition) is 1. The number of aryl methyl sites for hydroxylation is 1. The van der Waals surface area contributed by atoms with Crippen LogP contribution in [0.5, 0.6) is 0 Å². The number of thiazole rings is 1. The van der Waals surface area contributed by atoms with Crippen LogP contribution in [0.1, 0.15) is 29.2 Å². The van der Waals surface area contributed by atoms with Gasteiger partial charge in [-0.1, -0.05) is 25.1 Å². The van der Waals surface area contributed by atoms with E-state index in [2.05, 4.69) is 53.3 Å². The molecule has 0 aliphatic heterocycles. The number of nitrogens with zero attached hydrogens (tertiary/aromatic N) is 2. The van der Waals surface area contributed by atoms with Crippen LogP contribution < -0.4 is 0 Å². The lowest BCUT2D eigenvalue weighted by Gasteiger charge is -2.08. The summed E-state index contributed by atoms with van der Waals surface area (Å²) in [7, 11) is 0. The molecule has 0 radical (unpaired) electrons. The van der Waals surface area contributed by atoms with E-state index in [0.29, 0.717) is 5.92 Å². The highest BCUT2D eigenvalue weighted by Gasteiger charge is 2.13. The summed E-state index contributed by atoms with van der Waals surface area (Å²) in [4.78, 5) is 12.5. The van der Waals surface area contributed by atoms with Gasteiger partial charge in [-0.15, -0.1) is 11.3 Å². The zero-order chi connectivity index (χ0) is 15.1. The van der Waals surface area contributed by atoms with Crippen LogP contribution >= 0.6 is 11.3 Å². The monoisotopic (exact) mass is 307 g/mol. The first-order valence-corrected chi connectivity index (χ1v) is 8.31. The fourth-order valence-electron chi connectivity index (χ4n) is 2.85. The lowest BCUT2D eigenvalue weighted by Crippen LogP contribution is -1.97. The molecule has 22 heavy (non-hydrogen) atoms. The van der Waals surface area contributed by atoms with Crippen molar-refractivity contribution in [2.45, 2.75) is 26.2 Å². The topological polar surface area (TPSA) is 41.6 Å². The third-order valence-corrected chi connectivity index (χ3v) is 5.21. The largest absolute Gasteiger partial charge is 0.342 e. The van der Waals surface area contributed by atoms with Crippen LogP contribution in [0.2, 0.25) is 0 Å². The number of benzene rings is 2. The van der Waals surface area contributed by atoms with Crippen molar-refractivity contribution in [3.05, 3.63) is 58.9 Å². The molecule has 4 heteroatoms. The number of fused-ring (bicyclic) bond motifs is 2. The molecule has 1 atom stereocenters. The standard InChI is InChI=1S/C18H17N3S/c1-11(18-21-15-5-3-4-6-17(15)22-18)9-13-7-8-14-16(10-13)20-12(2)19-14/h3-8,10-11H,9H2,1-2H3,(H,19,20). The summed E-state index contributed by atoms with van der Waals surface area (Å²) >= 11 is 1.80. The fraction of sp³-hybridized carbons (Fsp3) is 0.222. The van der Waals surface area contributed by atoms with Gasteiger partial charge in [0.1, 0.15) is 5.82 Å². The lowest BCUT2D eigenvalue weighted by molar-refractivity contribution is 0.754. The maximum absolute atomic E-state index is 4.77. The first kappa shape index (κ1) is 13.5. The Kier molecular flexibility index (Phi) is 3.19. The number of nitrogens with one attached hydrogen (secondary N) is 1. The van der Waals surface area contributed by atoms with Gasteiger partial charge in [0.05, 0.1) is 26.3 Å². The van der Waals surface area contributed by atoms with Gasteiger partial charge in [-0.3, -0.25) is 0 Å². The van der Waals surface area contributed by atoms with Crippen molar-refractivity contribution in [3.8, 4) is 0 Å². The van der Waals surface area contributed by atoms with Crippen molar-refractivity contribution in [1.82, 2.24) is 15.0 Å². The lowest BCUT2D eigenvalue weighted by atomic mass is 10.0. The van der Waals surface area contributed by atoms with Gasteiger partial charge >= 0.3 is 0 Å². The summed E-state index contributed by atoms with van der Waals surface area (Å²) in [6.07, 6.45) is 0.994. The summed E-state index contributed by atoms with van der Waals surface area (Å²) in [5, 5.41) is 1.21. The molecule has 110 valence electrons. The highest BCUT2D eigenvalue weighted by molar-refractivity contribution is 7.18. The number of H-pyrrole nitrogens is 1. The third kappa shape index (κ3) is 2.40. The third-order valence-electron chi connectivity index (χ3n) is 3.94. The molecule has 1 N–H and O–H groups in total. The minimum absolute atomic E-state index is 0.416. The highest BCUT2D eigenvalue weighted by atomic mass is 32.1. The van der Waals surface area contributed by atoms with Crippen LogP contribution in [0.25, 0.3) is 21.3 Å². The number of imidazole rings is 1. The maximum Gasteiger partial charge on any atom is 0.104 e. The summed E-state index contributed by atoms with van der Waals surface area (Å²) in [5.41, 5.74) is 4.58. The molecule has 0 spiro atoms. The van der Waals surface area contributed by atoms with Gasteiger partial charge in [-0.25, -0.2) is 9.97 Å². The molecule has 0 saturated heterocycles. The van der Waals surface area contributed by atoms with Crippen LogP contribution in [0.15, 0.2) is 42.5 Å². The molecule has 0 saturated carbocycles. The molecule has 2 aromatic carbocycles. The molecule has 2 heterocycles. The average molecular weight is 307 g/mol. The van der Waals surface area contributed by atoms with Crippen molar-refractivity contribution in [3.63, 3.8) is 0 Å². The molecule has 3 nitrogen and oxygen atoms in total. The van der Waals surface area contributed by atoms with Crippen molar-refractivity contribution >= 4 is 32.6 Å². The van der Waals surface area contributed by atoms with Crippen molar-refractivity contribution < 1.29 is 0 Å². The summed E-state index contributed by atoms with van der Waals surface area (Å²) in [5.74, 6) is 1.38. The van der Waals surface area contributed by atoms with Gasteiger partial charge in [0.15, 0.2) is 0 Å². The number of rotatable bonds is 3. The highest BCUT2D eigenvalue weighted by Crippen LogP contribution is 2.29. The number of para-hydroxylation sites is 1. The van der Waals surface area contributed by atoms with Gasteiger partial charge in [0.2, 0.25) is 0 Å². The molecule has 4 rings (SSSR count). The normalized spacial score (nSPS) is 13.0. The second-order valence-electron chi connectivity index (χ2n) is 5.80. The Balaban J connectivity index is 1.62. The molecule has 0 amide bonds. The van der Waals surface area contributed by atoms with Crippen molar-refractivity contribution in [2.24, 2.45) is 0 Å². The SMILES string of the molecule is Cc1nc2ccc(CC(C)c3nc4ccccc4s3)cc2[nH]1. The van der Waals surface area contributed by atoms with E-state index in [4.69, 9.17) is 4.98 Å². The van der Waals surface area contributed by atoms with E-state index in [0.717, 1.165) is 28.8 Å². The molecule has 4 aromatic rings. The Morgan fingerprint density at radius 1 is 1.09 bits per heavy atom.